The molecule has 2 aromatic carbocycles. The highest BCUT2D eigenvalue weighted by atomic mass is 16.5. The van der Waals surface area contributed by atoms with Crippen molar-refractivity contribution in [1.29, 1.82) is 0 Å². The lowest BCUT2D eigenvalue weighted by Crippen LogP contribution is -2.36. The van der Waals surface area contributed by atoms with Gasteiger partial charge in [-0.25, -0.2) is 0 Å². The van der Waals surface area contributed by atoms with Gasteiger partial charge >= 0.3 is 0 Å². The van der Waals surface area contributed by atoms with Crippen LogP contribution in [0, 0.1) is 0 Å². The van der Waals surface area contributed by atoms with Crippen molar-refractivity contribution in [3.8, 4) is 5.75 Å². The molecule has 3 amide bonds. The number of hydrogen-bond donors (Lipinski definition) is 3. The zero-order valence-corrected chi connectivity index (χ0v) is 16.1. The second-order valence-corrected chi connectivity index (χ2v) is 6.12. The minimum absolute atomic E-state index is 0.0796. The summed E-state index contributed by atoms with van der Waals surface area (Å²) in [6, 6.07) is 14.2. The summed E-state index contributed by atoms with van der Waals surface area (Å²) in [5.74, 6) is -0.0426. The van der Waals surface area contributed by atoms with E-state index in [-0.39, 0.29) is 37.4 Å². The fourth-order valence-corrected chi connectivity index (χ4v) is 2.55. The number of aryl methyl sites for hydroxylation is 1. The molecule has 0 aliphatic rings. The van der Waals surface area contributed by atoms with Crippen LogP contribution in [0.2, 0.25) is 0 Å². The predicted molar refractivity (Wildman–Crippen MR) is 107 cm³/mol. The first-order chi connectivity index (χ1) is 13.5. The molecular weight excluding hydrogens is 358 g/mol. The van der Waals surface area contributed by atoms with E-state index in [4.69, 9.17) is 4.74 Å². The van der Waals surface area contributed by atoms with Crippen LogP contribution >= 0.6 is 0 Å². The summed E-state index contributed by atoms with van der Waals surface area (Å²) in [4.78, 5) is 35.1. The number of hydrogen-bond acceptors (Lipinski definition) is 4. The van der Waals surface area contributed by atoms with Crippen LogP contribution in [0.4, 0.5) is 5.69 Å². The highest BCUT2D eigenvalue weighted by Gasteiger charge is 2.08. The maximum atomic E-state index is 12.1. The summed E-state index contributed by atoms with van der Waals surface area (Å²) in [6.45, 7) is 3.91. The smallest absolute Gasteiger partial charge is 0.258 e. The van der Waals surface area contributed by atoms with Crippen molar-refractivity contribution in [2.45, 2.75) is 20.3 Å². The third-order valence-electron chi connectivity index (χ3n) is 3.89. The molecule has 28 heavy (non-hydrogen) atoms. The molecule has 2 rings (SSSR count). The molecule has 0 aliphatic heterocycles. The molecule has 0 radical (unpaired) electrons. The van der Waals surface area contributed by atoms with Crippen LogP contribution in [0.5, 0.6) is 5.75 Å². The van der Waals surface area contributed by atoms with E-state index in [0.29, 0.717) is 17.0 Å². The number of nitrogens with one attached hydrogen (secondary N) is 3. The lowest BCUT2D eigenvalue weighted by molar-refractivity contribution is -0.123. The lowest BCUT2D eigenvalue weighted by atomic mass is 10.1. The highest BCUT2D eigenvalue weighted by molar-refractivity contribution is 5.96. The van der Waals surface area contributed by atoms with Gasteiger partial charge in [0.2, 0.25) is 5.91 Å². The number of anilines is 1. The number of rotatable bonds is 9. The van der Waals surface area contributed by atoms with Crippen molar-refractivity contribution in [3.05, 3.63) is 59.7 Å². The Bertz CT molecular complexity index is 836. The van der Waals surface area contributed by atoms with Gasteiger partial charge in [0, 0.05) is 31.3 Å². The van der Waals surface area contributed by atoms with Gasteiger partial charge in [-0.3, -0.25) is 14.4 Å². The SMILES string of the molecule is CCc1ccccc1OCC(=O)NCCNC(=O)c1cccc(NC(C)=O)c1. The van der Waals surface area contributed by atoms with Gasteiger partial charge in [0.1, 0.15) is 5.75 Å². The fourth-order valence-electron chi connectivity index (χ4n) is 2.55. The number of carbonyl (C=O) groups is 3. The Morgan fingerprint density at radius 2 is 1.71 bits per heavy atom. The van der Waals surface area contributed by atoms with Crippen LogP contribution in [-0.2, 0) is 16.0 Å². The topological polar surface area (TPSA) is 96.5 Å². The quantitative estimate of drug-likeness (QED) is 0.578. The summed E-state index contributed by atoms with van der Waals surface area (Å²) in [6.07, 6.45) is 0.826. The van der Waals surface area contributed by atoms with Crippen LogP contribution in [0.3, 0.4) is 0 Å². The molecule has 0 unspecified atom stereocenters. The Morgan fingerprint density at radius 1 is 0.964 bits per heavy atom. The number of carbonyl (C=O) groups excluding carboxylic acids is 3. The summed E-state index contributed by atoms with van der Waals surface area (Å²) in [7, 11) is 0. The first kappa shape index (κ1) is 21.0. The van der Waals surface area contributed by atoms with E-state index in [2.05, 4.69) is 16.0 Å². The van der Waals surface area contributed by atoms with Crippen LogP contribution < -0.4 is 20.7 Å². The first-order valence-corrected chi connectivity index (χ1v) is 9.13. The highest BCUT2D eigenvalue weighted by Crippen LogP contribution is 2.17. The molecule has 2 aromatic rings. The van der Waals surface area contributed by atoms with E-state index < -0.39 is 0 Å². The molecule has 0 heterocycles. The molecular formula is C21H25N3O4. The summed E-state index contributed by atoms with van der Waals surface area (Å²) >= 11 is 0. The average Bonchev–Trinajstić information content (AvgIpc) is 2.69. The molecule has 0 aromatic heterocycles. The molecule has 148 valence electrons. The van der Waals surface area contributed by atoms with Crippen LogP contribution in [-0.4, -0.2) is 37.4 Å². The average molecular weight is 383 g/mol. The second-order valence-electron chi connectivity index (χ2n) is 6.12. The van der Waals surface area contributed by atoms with Gasteiger partial charge in [-0.15, -0.1) is 0 Å². The first-order valence-electron chi connectivity index (χ1n) is 9.13. The van der Waals surface area contributed by atoms with Gasteiger partial charge in [-0.2, -0.15) is 0 Å². The van der Waals surface area contributed by atoms with Crippen molar-refractivity contribution < 1.29 is 19.1 Å². The maximum absolute atomic E-state index is 12.1. The monoisotopic (exact) mass is 383 g/mol. The zero-order chi connectivity index (χ0) is 20.4. The molecule has 7 nitrogen and oxygen atoms in total. The number of para-hydroxylation sites is 1. The molecule has 0 saturated heterocycles. The van der Waals surface area contributed by atoms with Crippen molar-refractivity contribution >= 4 is 23.4 Å². The Morgan fingerprint density at radius 3 is 2.46 bits per heavy atom. The van der Waals surface area contributed by atoms with Crippen LogP contribution in [0.25, 0.3) is 0 Å². The molecule has 0 fully saturated rings. The summed E-state index contributed by atoms with van der Waals surface area (Å²) in [5.41, 5.74) is 2.03. The number of amides is 3. The zero-order valence-electron chi connectivity index (χ0n) is 16.1. The Balaban J connectivity index is 1.71. The van der Waals surface area contributed by atoms with Crippen molar-refractivity contribution in [3.63, 3.8) is 0 Å². The molecule has 0 spiro atoms. The Kier molecular flexibility index (Phi) is 8.02. The number of benzene rings is 2. The predicted octanol–water partition coefficient (Wildman–Crippen LogP) is 2.13. The molecule has 0 atom stereocenters. The molecule has 7 heteroatoms. The minimum Gasteiger partial charge on any atom is -0.483 e. The van der Waals surface area contributed by atoms with E-state index >= 15 is 0 Å². The molecule has 0 aliphatic carbocycles. The van der Waals surface area contributed by atoms with Crippen molar-refractivity contribution in [2.24, 2.45) is 0 Å². The standard InChI is InChI=1S/C21H25N3O4/c1-3-16-7-4-5-10-19(16)28-14-20(26)22-11-12-23-21(27)17-8-6-9-18(13-17)24-15(2)25/h4-10,13H,3,11-12,14H2,1-2H3,(H,22,26)(H,23,27)(H,24,25). The third kappa shape index (κ3) is 6.75. The van der Waals surface area contributed by atoms with Gasteiger partial charge in [0.15, 0.2) is 6.61 Å². The second kappa shape index (κ2) is 10.7. The van der Waals surface area contributed by atoms with Gasteiger partial charge < -0.3 is 20.7 Å². The van der Waals surface area contributed by atoms with Gasteiger partial charge in [-0.05, 0) is 36.2 Å². The number of ether oxygens (including phenoxy) is 1. The lowest BCUT2D eigenvalue weighted by Gasteiger charge is -2.11. The van der Waals surface area contributed by atoms with Crippen LogP contribution in [0.15, 0.2) is 48.5 Å². The fraction of sp³-hybridized carbons (Fsp3) is 0.286. The van der Waals surface area contributed by atoms with E-state index in [1.807, 2.05) is 31.2 Å². The Labute approximate surface area is 164 Å². The van der Waals surface area contributed by atoms with E-state index in [0.717, 1.165) is 12.0 Å². The van der Waals surface area contributed by atoms with Gasteiger partial charge in [0.05, 0.1) is 0 Å². The third-order valence-corrected chi connectivity index (χ3v) is 3.89. The largest absolute Gasteiger partial charge is 0.483 e. The van der Waals surface area contributed by atoms with E-state index in [9.17, 15) is 14.4 Å². The van der Waals surface area contributed by atoms with Crippen LogP contribution in [0.1, 0.15) is 29.8 Å². The van der Waals surface area contributed by atoms with Crippen molar-refractivity contribution in [2.75, 3.05) is 25.0 Å². The van der Waals surface area contributed by atoms with Crippen molar-refractivity contribution in [1.82, 2.24) is 10.6 Å². The maximum Gasteiger partial charge on any atom is 0.258 e. The summed E-state index contributed by atoms with van der Waals surface area (Å²) < 4.78 is 5.55. The van der Waals surface area contributed by atoms with Gasteiger partial charge in [-0.1, -0.05) is 31.2 Å². The van der Waals surface area contributed by atoms with E-state index in [1.54, 1.807) is 24.3 Å². The van der Waals surface area contributed by atoms with Gasteiger partial charge in [0.25, 0.3) is 11.8 Å². The molecule has 0 bridgehead atoms. The van der Waals surface area contributed by atoms with E-state index in [1.165, 1.54) is 6.92 Å². The minimum atomic E-state index is -0.283. The summed E-state index contributed by atoms with van der Waals surface area (Å²) in [5, 5.41) is 8.05. The molecule has 0 saturated carbocycles. The molecule has 3 N–H and O–H groups in total. The normalized spacial score (nSPS) is 10.1. The Hall–Kier alpha value is -3.35.